The van der Waals surface area contributed by atoms with E-state index < -0.39 is 35.1 Å². The number of aliphatic hydroxyl groups excluding tert-OH is 2. The highest BCUT2D eigenvalue weighted by molar-refractivity contribution is 6.20. The number of fused-ring (bicyclic) bond motifs is 2. The van der Waals surface area contributed by atoms with Gasteiger partial charge in [-0.3, -0.25) is 14.4 Å². The summed E-state index contributed by atoms with van der Waals surface area (Å²) in [5.74, 6) is -1.74. The van der Waals surface area contributed by atoms with Crippen LogP contribution in [0.25, 0.3) is 0 Å². The molecule has 28 heavy (non-hydrogen) atoms. The highest BCUT2D eigenvalue weighted by Gasteiger charge is 2.73. The number of ether oxygens (including phenoxy) is 1. The van der Waals surface area contributed by atoms with Crippen molar-refractivity contribution in [3.05, 3.63) is 11.1 Å². The molecule has 0 aromatic rings. The minimum absolute atomic E-state index is 0.0710. The van der Waals surface area contributed by atoms with Gasteiger partial charge in [-0.1, -0.05) is 34.1 Å². The molecule has 6 heteroatoms. The summed E-state index contributed by atoms with van der Waals surface area (Å²) in [6, 6.07) is 0. The maximum atomic E-state index is 13.7. The van der Waals surface area contributed by atoms with Crippen LogP contribution in [-0.4, -0.2) is 46.1 Å². The molecule has 0 amide bonds. The zero-order valence-corrected chi connectivity index (χ0v) is 17.2. The molecule has 0 radical (unpaired) electrons. The molecule has 154 valence electrons. The molecule has 4 rings (SSSR count). The Balaban J connectivity index is 1.94. The van der Waals surface area contributed by atoms with E-state index in [2.05, 4.69) is 0 Å². The van der Waals surface area contributed by atoms with Gasteiger partial charge in [-0.2, -0.15) is 0 Å². The molecule has 2 N–H and O–H groups in total. The Kier molecular flexibility index (Phi) is 4.07. The molecule has 2 saturated carbocycles. The quantitative estimate of drug-likeness (QED) is 0.664. The van der Waals surface area contributed by atoms with E-state index >= 15 is 0 Å². The lowest BCUT2D eigenvalue weighted by atomic mass is 9.46. The predicted octanol–water partition coefficient (Wildman–Crippen LogP) is 1.96. The Bertz CT molecular complexity index is 810. The van der Waals surface area contributed by atoms with Crippen LogP contribution in [0.5, 0.6) is 0 Å². The molecule has 1 spiro atoms. The number of ketones is 2. The van der Waals surface area contributed by atoms with E-state index in [1.165, 1.54) is 6.92 Å². The standard InChI is InChI=1S/C22H30O6/c1-10-9-22(10)18(27)12-13(15(25)19(22)28-11(2)23)21(5)8-6-7-20(3,4)17(21)16(26)14(12)24/h10,14,16-17,19,24,26H,6-9H2,1-5H3/t10-,14-,16+,17?,19-,21+,22+/m0/s1. The maximum Gasteiger partial charge on any atom is 0.303 e. The second kappa shape index (κ2) is 5.76. The predicted molar refractivity (Wildman–Crippen MR) is 100 cm³/mol. The van der Waals surface area contributed by atoms with Gasteiger partial charge in [-0.15, -0.1) is 0 Å². The van der Waals surface area contributed by atoms with Crippen molar-refractivity contribution < 1.29 is 29.3 Å². The van der Waals surface area contributed by atoms with E-state index in [1.807, 2.05) is 27.7 Å². The van der Waals surface area contributed by atoms with Crippen LogP contribution in [0.1, 0.15) is 60.3 Å². The molecule has 6 nitrogen and oxygen atoms in total. The van der Waals surface area contributed by atoms with Crippen molar-refractivity contribution in [3.8, 4) is 0 Å². The van der Waals surface area contributed by atoms with Crippen LogP contribution in [0, 0.1) is 28.1 Å². The summed E-state index contributed by atoms with van der Waals surface area (Å²) in [6.07, 6.45) is -0.788. The lowest BCUT2D eigenvalue weighted by Gasteiger charge is -2.58. The van der Waals surface area contributed by atoms with Crippen molar-refractivity contribution in [2.45, 2.75) is 78.6 Å². The van der Waals surface area contributed by atoms with Crippen LogP contribution in [0.4, 0.5) is 0 Å². The topological polar surface area (TPSA) is 101 Å². The fourth-order valence-corrected chi connectivity index (χ4v) is 6.86. The number of carbonyl (C=O) groups is 3. The normalized spacial score (nSPS) is 46.9. The molecule has 1 unspecified atom stereocenters. The zero-order chi connectivity index (χ0) is 20.8. The monoisotopic (exact) mass is 390 g/mol. The average molecular weight is 390 g/mol. The molecular weight excluding hydrogens is 360 g/mol. The van der Waals surface area contributed by atoms with Crippen LogP contribution in [0.2, 0.25) is 0 Å². The van der Waals surface area contributed by atoms with Gasteiger partial charge in [0.05, 0.1) is 11.5 Å². The third-order valence-corrected chi connectivity index (χ3v) is 8.11. The molecule has 4 aliphatic carbocycles. The molecule has 7 atom stereocenters. The van der Waals surface area contributed by atoms with Crippen molar-refractivity contribution in [2.24, 2.45) is 28.1 Å². The molecule has 0 aromatic heterocycles. The third-order valence-electron chi connectivity index (χ3n) is 8.11. The average Bonchev–Trinajstić information content (AvgIpc) is 3.24. The lowest BCUT2D eigenvalue weighted by Crippen LogP contribution is -2.63. The van der Waals surface area contributed by atoms with Crippen LogP contribution in [0.15, 0.2) is 11.1 Å². The van der Waals surface area contributed by atoms with Crippen molar-refractivity contribution in [3.63, 3.8) is 0 Å². The second-order valence-electron chi connectivity index (χ2n) is 10.3. The van der Waals surface area contributed by atoms with E-state index in [4.69, 9.17) is 4.74 Å². The first-order valence-electron chi connectivity index (χ1n) is 10.3. The minimum Gasteiger partial charge on any atom is -0.453 e. The number of esters is 1. The summed E-state index contributed by atoms with van der Waals surface area (Å²) in [5.41, 5.74) is -1.75. The minimum atomic E-state index is -1.38. The molecule has 0 aliphatic heterocycles. The van der Waals surface area contributed by atoms with E-state index in [0.29, 0.717) is 18.4 Å². The van der Waals surface area contributed by atoms with Gasteiger partial charge >= 0.3 is 5.97 Å². The maximum absolute atomic E-state index is 13.7. The SMILES string of the molecule is CC(=O)O[C@H]1C(=O)C2=C(C(=O)[C@]13C[C@@H]3C)[C@H](O)[C@@H](O)C1C(C)(C)CCC[C@]21C. The first kappa shape index (κ1) is 19.8. The van der Waals surface area contributed by atoms with Crippen LogP contribution >= 0.6 is 0 Å². The Morgan fingerprint density at radius 2 is 1.75 bits per heavy atom. The molecular formula is C22H30O6. The Labute approximate surface area is 165 Å². The largest absolute Gasteiger partial charge is 0.453 e. The van der Waals surface area contributed by atoms with Crippen LogP contribution < -0.4 is 0 Å². The smallest absolute Gasteiger partial charge is 0.303 e. The summed E-state index contributed by atoms with van der Waals surface area (Å²) in [4.78, 5) is 39.0. The zero-order valence-electron chi connectivity index (χ0n) is 17.2. The molecule has 4 aliphatic rings. The Morgan fingerprint density at radius 1 is 1.14 bits per heavy atom. The highest BCUT2D eigenvalue weighted by Crippen LogP contribution is 2.66. The fraction of sp³-hybridized carbons (Fsp3) is 0.773. The van der Waals surface area contributed by atoms with Gasteiger partial charge in [0.15, 0.2) is 11.9 Å². The first-order chi connectivity index (χ1) is 12.9. The van der Waals surface area contributed by atoms with E-state index in [9.17, 15) is 24.6 Å². The second-order valence-corrected chi connectivity index (χ2v) is 10.3. The number of Topliss-reactive ketones (excluding diaryl/α,β-unsaturated/α-hetero) is 2. The van der Waals surface area contributed by atoms with Gasteiger partial charge < -0.3 is 14.9 Å². The van der Waals surface area contributed by atoms with Gasteiger partial charge in [0, 0.05) is 29.4 Å². The van der Waals surface area contributed by atoms with Crippen LogP contribution in [-0.2, 0) is 19.1 Å². The van der Waals surface area contributed by atoms with Gasteiger partial charge in [0.25, 0.3) is 0 Å². The molecule has 2 fully saturated rings. The van der Waals surface area contributed by atoms with Gasteiger partial charge in [-0.05, 0) is 30.6 Å². The number of aliphatic hydroxyl groups is 2. The molecule has 0 bridgehead atoms. The summed E-state index contributed by atoms with van der Waals surface area (Å²) < 4.78 is 5.42. The van der Waals surface area contributed by atoms with Gasteiger partial charge in [0.1, 0.15) is 6.10 Å². The van der Waals surface area contributed by atoms with E-state index in [0.717, 1.165) is 12.8 Å². The van der Waals surface area contributed by atoms with Crippen LogP contribution in [0.3, 0.4) is 0 Å². The molecule has 0 aromatic carbocycles. The molecule has 0 heterocycles. The summed E-state index contributed by atoms with van der Waals surface area (Å²) >= 11 is 0. The van der Waals surface area contributed by atoms with Gasteiger partial charge in [-0.25, -0.2) is 0 Å². The number of hydrogen-bond donors (Lipinski definition) is 2. The lowest BCUT2D eigenvalue weighted by molar-refractivity contribution is -0.166. The van der Waals surface area contributed by atoms with E-state index in [1.54, 1.807) is 0 Å². The van der Waals surface area contributed by atoms with E-state index in [-0.39, 0.29) is 34.4 Å². The third kappa shape index (κ3) is 2.25. The highest BCUT2D eigenvalue weighted by atomic mass is 16.5. The first-order valence-corrected chi connectivity index (χ1v) is 10.3. The van der Waals surface area contributed by atoms with Crippen molar-refractivity contribution in [1.82, 2.24) is 0 Å². The summed E-state index contributed by atoms with van der Waals surface area (Å²) in [7, 11) is 0. The summed E-state index contributed by atoms with van der Waals surface area (Å²) in [6.45, 7) is 9.11. The number of hydrogen-bond acceptors (Lipinski definition) is 6. The van der Waals surface area contributed by atoms with Crippen molar-refractivity contribution in [1.29, 1.82) is 0 Å². The van der Waals surface area contributed by atoms with Crippen molar-refractivity contribution >= 4 is 17.5 Å². The number of carbonyl (C=O) groups excluding carboxylic acids is 3. The fourth-order valence-electron chi connectivity index (χ4n) is 6.86. The Morgan fingerprint density at radius 3 is 2.29 bits per heavy atom. The van der Waals surface area contributed by atoms with Gasteiger partial charge in [0.2, 0.25) is 5.78 Å². The number of rotatable bonds is 1. The molecule has 0 saturated heterocycles. The summed E-state index contributed by atoms with van der Waals surface area (Å²) in [5, 5.41) is 22.0. The Hall–Kier alpha value is -1.53. The van der Waals surface area contributed by atoms with Crippen molar-refractivity contribution in [2.75, 3.05) is 0 Å².